The standard InChI is InChI=1S/C26H21N3O9/c1-35-16-9-10-17(20(11-16)36-2)18-12-19-21(25(31)37-3)22(26(32)38-4)23(28(19)13-27-18)24(30)14-5-7-15(8-6-14)29(33)34/h5-13H,1-4H3. The first kappa shape index (κ1) is 25.8. The van der Waals surface area contributed by atoms with E-state index < -0.39 is 22.6 Å². The second-order valence-corrected chi connectivity index (χ2v) is 7.81. The molecule has 0 aliphatic heterocycles. The van der Waals surface area contributed by atoms with Gasteiger partial charge < -0.3 is 18.9 Å². The van der Waals surface area contributed by atoms with Gasteiger partial charge in [-0.1, -0.05) is 0 Å². The number of rotatable bonds is 8. The van der Waals surface area contributed by atoms with Crippen LogP contribution in [0, 0.1) is 10.1 Å². The van der Waals surface area contributed by atoms with Gasteiger partial charge in [0, 0.05) is 29.3 Å². The van der Waals surface area contributed by atoms with Gasteiger partial charge in [0.25, 0.3) is 5.69 Å². The number of fused-ring (bicyclic) bond motifs is 1. The number of hydrogen-bond donors (Lipinski definition) is 0. The van der Waals surface area contributed by atoms with Crippen LogP contribution in [0.2, 0.25) is 0 Å². The van der Waals surface area contributed by atoms with Crippen molar-refractivity contribution in [2.75, 3.05) is 28.4 Å². The maximum absolute atomic E-state index is 13.6. The van der Waals surface area contributed by atoms with Crippen LogP contribution in [0.5, 0.6) is 11.5 Å². The van der Waals surface area contributed by atoms with E-state index in [1.54, 1.807) is 18.2 Å². The molecule has 4 rings (SSSR count). The largest absolute Gasteiger partial charge is 0.497 e. The summed E-state index contributed by atoms with van der Waals surface area (Å²) in [6.07, 6.45) is 1.28. The fraction of sp³-hybridized carbons (Fsp3) is 0.154. The van der Waals surface area contributed by atoms with E-state index in [1.165, 1.54) is 43.1 Å². The fourth-order valence-electron chi connectivity index (χ4n) is 4.02. The molecule has 0 aliphatic rings. The second-order valence-electron chi connectivity index (χ2n) is 7.81. The summed E-state index contributed by atoms with van der Waals surface area (Å²) >= 11 is 0. The van der Waals surface area contributed by atoms with E-state index in [1.807, 2.05) is 0 Å². The molecular formula is C26H21N3O9. The zero-order valence-corrected chi connectivity index (χ0v) is 20.7. The van der Waals surface area contributed by atoms with E-state index in [0.29, 0.717) is 22.8 Å². The van der Waals surface area contributed by atoms with Gasteiger partial charge in [-0.2, -0.15) is 0 Å². The second kappa shape index (κ2) is 10.4. The quantitative estimate of drug-likeness (QED) is 0.146. The van der Waals surface area contributed by atoms with Crippen molar-refractivity contribution in [3.63, 3.8) is 0 Å². The first-order valence-electron chi connectivity index (χ1n) is 11.0. The molecule has 0 unspecified atom stereocenters. The average molecular weight is 519 g/mol. The van der Waals surface area contributed by atoms with E-state index in [0.717, 1.165) is 26.4 Å². The lowest BCUT2D eigenvalue weighted by Gasteiger charge is -2.11. The Bertz CT molecular complexity index is 1590. The maximum atomic E-state index is 13.6. The van der Waals surface area contributed by atoms with Crippen LogP contribution in [0.1, 0.15) is 36.8 Å². The summed E-state index contributed by atoms with van der Waals surface area (Å²) in [5, 5.41) is 11.0. The SMILES string of the molecule is COC(=O)c1c(C(=O)OC)c2cc(-c3ccc(OC)cc3OC)ncn2c1C(=O)c1ccc([N+](=O)[O-])cc1. The summed E-state index contributed by atoms with van der Waals surface area (Å²) in [5.74, 6) is -1.55. The number of carbonyl (C=O) groups excluding carboxylic acids is 3. The lowest BCUT2D eigenvalue weighted by Crippen LogP contribution is -2.15. The predicted molar refractivity (Wildman–Crippen MR) is 133 cm³/mol. The third-order valence-corrected chi connectivity index (χ3v) is 5.85. The van der Waals surface area contributed by atoms with Gasteiger partial charge in [-0.15, -0.1) is 0 Å². The average Bonchev–Trinajstić information content (AvgIpc) is 3.29. The highest BCUT2D eigenvalue weighted by atomic mass is 16.6. The molecule has 2 heterocycles. The molecule has 0 bridgehead atoms. The molecule has 0 aliphatic carbocycles. The number of non-ortho nitro benzene ring substituents is 1. The number of nitrogens with zero attached hydrogens (tertiary/aromatic N) is 3. The summed E-state index contributed by atoms with van der Waals surface area (Å²) in [7, 11) is 5.24. The fourth-order valence-corrected chi connectivity index (χ4v) is 4.02. The number of benzene rings is 2. The van der Waals surface area contributed by atoms with Gasteiger partial charge in [-0.25, -0.2) is 14.6 Å². The highest BCUT2D eigenvalue weighted by molar-refractivity contribution is 6.20. The number of ketones is 1. The van der Waals surface area contributed by atoms with Crippen molar-refractivity contribution >= 4 is 28.9 Å². The molecule has 0 amide bonds. The van der Waals surface area contributed by atoms with E-state index in [-0.39, 0.29) is 33.6 Å². The van der Waals surface area contributed by atoms with Crippen LogP contribution in [0.3, 0.4) is 0 Å². The molecule has 0 saturated carbocycles. The molecule has 194 valence electrons. The third-order valence-electron chi connectivity index (χ3n) is 5.85. The normalized spacial score (nSPS) is 10.6. The highest BCUT2D eigenvalue weighted by Gasteiger charge is 2.33. The van der Waals surface area contributed by atoms with Gasteiger partial charge in [0.1, 0.15) is 34.6 Å². The summed E-state index contributed by atoms with van der Waals surface area (Å²) in [6, 6.07) is 11.4. The Morgan fingerprint density at radius 1 is 0.868 bits per heavy atom. The minimum Gasteiger partial charge on any atom is -0.497 e. The number of aromatic nitrogens is 2. The van der Waals surface area contributed by atoms with Crippen molar-refractivity contribution in [3.05, 3.63) is 87.4 Å². The number of nitro benzene ring substituents is 1. The van der Waals surface area contributed by atoms with Crippen LogP contribution in [0.15, 0.2) is 54.9 Å². The Balaban J connectivity index is 2.01. The summed E-state index contributed by atoms with van der Waals surface area (Å²) in [5.41, 5.74) is 0.125. The van der Waals surface area contributed by atoms with Gasteiger partial charge in [-0.05, 0) is 30.3 Å². The van der Waals surface area contributed by atoms with Crippen LogP contribution >= 0.6 is 0 Å². The van der Waals surface area contributed by atoms with Gasteiger partial charge in [0.2, 0.25) is 5.78 Å². The van der Waals surface area contributed by atoms with Gasteiger partial charge in [-0.3, -0.25) is 19.3 Å². The van der Waals surface area contributed by atoms with E-state index >= 15 is 0 Å². The van der Waals surface area contributed by atoms with E-state index in [2.05, 4.69) is 4.98 Å². The topological polar surface area (TPSA) is 149 Å². The first-order chi connectivity index (χ1) is 18.2. The maximum Gasteiger partial charge on any atom is 0.341 e. The Hall–Kier alpha value is -5.26. The van der Waals surface area contributed by atoms with Crippen LogP contribution in [-0.2, 0) is 9.47 Å². The van der Waals surface area contributed by atoms with E-state index in [9.17, 15) is 24.5 Å². The van der Waals surface area contributed by atoms with E-state index in [4.69, 9.17) is 18.9 Å². The number of hydrogen-bond acceptors (Lipinski definition) is 10. The summed E-state index contributed by atoms with van der Waals surface area (Å²) in [4.78, 5) is 54.3. The molecule has 0 spiro atoms. The Kier molecular flexibility index (Phi) is 7.06. The van der Waals surface area contributed by atoms with Crippen molar-refractivity contribution in [2.24, 2.45) is 0 Å². The zero-order chi connectivity index (χ0) is 27.6. The minimum atomic E-state index is -0.956. The zero-order valence-electron chi connectivity index (χ0n) is 20.7. The third kappa shape index (κ3) is 4.39. The molecule has 0 fully saturated rings. The van der Waals surface area contributed by atoms with Crippen molar-refractivity contribution in [2.45, 2.75) is 0 Å². The van der Waals surface area contributed by atoms with Crippen molar-refractivity contribution < 1.29 is 38.3 Å². The predicted octanol–water partition coefficient (Wildman–Crippen LogP) is 3.73. The molecule has 2 aromatic carbocycles. The van der Waals surface area contributed by atoms with Gasteiger partial charge in [0.15, 0.2) is 0 Å². The molecule has 0 N–H and O–H groups in total. The van der Waals surface area contributed by atoms with Crippen LogP contribution in [0.4, 0.5) is 5.69 Å². The highest BCUT2D eigenvalue weighted by Crippen LogP contribution is 2.35. The smallest absolute Gasteiger partial charge is 0.341 e. The monoisotopic (exact) mass is 519 g/mol. The van der Waals surface area contributed by atoms with Gasteiger partial charge in [0.05, 0.1) is 44.6 Å². The number of ether oxygens (including phenoxy) is 4. The number of esters is 2. The van der Waals surface area contributed by atoms with Gasteiger partial charge >= 0.3 is 11.9 Å². The molecule has 38 heavy (non-hydrogen) atoms. The molecule has 12 nitrogen and oxygen atoms in total. The lowest BCUT2D eigenvalue weighted by atomic mass is 10.0. The minimum absolute atomic E-state index is 0.0393. The lowest BCUT2D eigenvalue weighted by molar-refractivity contribution is -0.384. The molecule has 0 saturated heterocycles. The van der Waals surface area contributed by atoms with Crippen LogP contribution in [0.25, 0.3) is 16.8 Å². The number of carbonyl (C=O) groups is 3. The number of methoxy groups -OCH3 is 4. The molecule has 0 atom stereocenters. The van der Waals surface area contributed by atoms with Crippen LogP contribution in [-0.4, -0.2) is 60.5 Å². The van der Waals surface area contributed by atoms with Crippen molar-refractivity contribution in [1.82, 2.24) is 9.38 Å². The first-order valence-corrected chi connectivity index (χ1v) is 11.0. The summed E-state index contributed by atoms with van der Waals surface area (Å²) in [6.45, 7) is 0. The Labute approximate surface area is 215 Å². The Morgan fingerprint density at radius 3 is 2.11 bits per heavy atom. The number of nitro groups is 1. The molecule has 12 heteroatoms. The van der Waals surface area contributed by atoms with Crippen LogP contribution < -0.4 is 9.47 Å². The van der Waals surface area contributed by atoms with Crippen molar-refractivity contribution in [3.8, 4) is 22.8 Å². The molecule has 2 aromatic heterocycles. The van der Waals surface area contributed by atoms with Crippen molar-refractivity contribution in [1.29, 1.82) is 0 Å². The molecule has 4 aromatic rings. The Morgan fingerprint density at radius 2 is 1.53 bits per heavy atom. The molecular weight excluding hydrogens is 498 g/mol. The summed E-state index contributed by atoms with van der Waals surface area (Å²) < 4.78 is 21.8. The molecule has 0 radical (unpaired) electrons.